The normalized spacial score (nSPS) is 15.0. The zero-order valence-electron chi connectivity index (χ0n) is 18.0. The number of nitrogens with one attached hydrogen (secondary N) is 3. The largest absolute Gasteiger partial charge is 0.376 e. The molecular formula is C26H25N3O4. The number of carbonyl (C=O) groups excluding carboxylic acids is 3. The highest BCUT2D eigenvalue weighted by molar-refractivity contribution is 6.08. The molecule has 1 atom stereocenters. The minimum Gasteiger partial charge on any atom is -0.376 e. The van der Waals surface area contributed by atoms with Gasteiger partial charge in [-0.3, -0.25) is 14.4 Å². The van der Waals surface area contributed by atoms with Crippen LogP contribution in [0.3, 0.4) is 0 Å². The minimum absolute atomic E-state index is 0.00664. The first-order chi connectivity index (χ1) is 16.1. The number of ether oxygens (including phenoxy) is 1. The Balaban J connectivity index is 1.55. The molecule has 3 amide bonds. The lowest BCUT2D eigenvalue weighted by atomic mass is 10.1. The highest BCUT2D eigenvalue weighted by Gasteiger charge is 2.18. The molecule has 1 fully saturated rings. The number of hydrogen-bond acceptors (Lipinski definition) is 4. The maximum atomic E-state index is 12.8. The third-order valence-corrected chi connectivity index (χ3v) is 5.30. The second-order valence-electron chi connectivity index (χ2n) is 7.78. The van der Waals surface area contributed by atoms with Gasteiger partial charge < -0.3 is 20.7 Å². The van der Waals surface area contributed by atoms with Crippen LogP contribution in [-0.2, 0) is 4.74 Å². The maximum absolute atomic E-state index is 12.8. The monoisotopic (exact) mass is 443 g/mol. The summed E-state index contributed by atoms with van der Waals surface area (Å²) in [5, 5.41) is 8.49. The molecule has 1 aliphatic rings. The van der Waals surface area contributed by atoms with E-state index in [1.165, 1.54) is 0 Å². The molecule has 1 heterocycles. The van der Waals surface area contributed by atoms with Gasteiger partial charge in [-0.2, -0.15) is 0 Å². The van der Waals surface area contributed by atoms with E-state index >= 15 is 0 Å². The lowest BCUT2D eigenvalue weighted by Gasteiger charge is -2.14. The van der Waals surface area contributed by atoms with Gasteiger partial charge in [-0.15, -0.1) is 0 Å². The topological polar surface area (TPSA) is 96.5 Å². The molecule has 1 unspecified atom stereocenters. The summed E-state index contributed by atoms with van der Waals surface area (Å²) in [5.41, 5.74) is 2.09. The van der Waals surface area contributed by atoms with Crippen molar-refractivity contribution in [2.24, 2.45) is 0 Å². The van der Waals surface area contributed by atoms with Crippen molar-refractivity contribution in [2.75, 3.05) is 23.8 Å². The Labute approximate surface area is 192 Å². The van der Waals surface area contributed by atoms with Crippen LogP contribution in [0.2, 0.25) is 0 Å². The van der Waals surface area contributed by atoms with Crippen molar-refractivity contribution in [1.82, 2.24) is 5.32 Å². The van der Waals surface area contributed by atoms with E-state index in [4.69, 9.17) is 4.74 Å². The van der Waals surface area contributed by atoms with Crippen LogP contribution in [0.25, 0.3) is 0 Å². The molecule has 7 heteroatoms. The molecule has 0 spiro atoms. The molecular weight excluding hydrogens is 418 g/mol. The third-order valence-electron chi connectivity index (χ3n) is 5.30. The molecule has 33 heavy (non-hydrogen) atoms. The van der Waals surface area contributed by atoms with E-state index in [2.05, 4.69) is 16.0 Å². The van der Waals surface area contributed by atoms with Crippen LogP contribution in [0, 0.1) is 0 Å². The first-order valence-electron chi connectivity index (χ1n) is 10.9. The molecule has 0 radical (unpaired) electrons. The summed E-state index contributed by atoms with van der Waals surface area (Å²) < 4.78 is 5.56. The highest BCUT2D eigenvalue weighted by atomic mass is 16.5. The smallest absolute Gasteiger partial charge is 0.255 e. The molecule has 168 valence electrons. The van der Waals surface area contributed by atoms with E-state index in [-0.39, 0.29) is 23.8 Å². The average molecular weight is 444 g/mol. The fraction of sp³-hybridized carbons (Fsp3) is 0.192. The van der Waals surface area contributed by atoms with Crippen LogP contribution in [0.1, 0.15) is 43.9 Å². The molecule has 0 aromatic heterocycles. The summed E-state index contributed by atoms with van der Waals surface area (Å²) in [5.74, 6) is -0.933. The summed E-state index contributed by atoms with van der Waals surface area (Å²) in [6.45, 7) is 1.11. The van der Waals surface area contributed by atoms with Gasteiger partial charge in [0.25, 0.3) is 17.7 Å². The van der Waals surface area contributed by atoms with E-state index in [0.717, 1.165) is 12.8 Å². The van der Waals surface area contributed by atoms with Crippen LogP contribution >= 0.6 is 0 Å². The Hall–Kier alpha value is -3.97. The molecule has 0 saturated carbocycles. The van der Waals surface area contributed by atoms with Crippen molar-refractivity contribution in [1.29, 1.82) is 0 Å². The minimum atomic E-state index is -0.312. The number of carbonyl (C=O) groups is 3. The van der Waals surface area contributed by atoms with Gasteiger partial charge in [0.05, 0.1) is 6.10 Å². The summed E-state index contributed by atoms with van der Waals surface area (Å²) in [4.78, 5) is 38.1. The van der Waals surface area contributed by atoms with Crippen LogP contribution in [0.4, 0.5) is 11.4 Å². The fourth-order valence-corrected chi connectivity index (χ4v) is 3.60. The van der Waals surface area contributed by atoms with E-state index < -0.39 is 0 Å². The van der Waals surface area contributed by atoms with Crippen molar-refractivity contribution < 1.29 is 19.1 Å². The molecule has 1 aliphatic heterocycles. The zero-order chi connectivity index (χ0) is 23.0. The first kappa shape index (κ1) is 22.2. The van der Waals surface area contributed by atoms with Crippen molar-refractivity contribution >= 4 is 29.1 Å². The van der Waals surface area contributed by atoms with Crippen LogP contribution < -0.4 is 16.0 Å². The van der Waals surface area contributed by atoms with Crippen LogP contribution in [0.5, 0.6) is 0 Å². The second kappa shape index (κ2) is 10.6. The molecule has 1 saturated heterocycles. The Morgan fingerprint density at radius 1 is 0.727 bits per heavy atom. The first-order valence-corrected chi connectivity index (χ1v) is 10.9. The van der Waals surface area contributed by atoms with Gasteiger partial charge in [-0.1, -0.05) is 36.4 Å². The Kier molecular flexibility index (Phi) is 7.12. The Bertz CT molecular complexity index is 1060. The molecule has 3 aromatic rings. The average Bonchev–Trinajstić information content (AvgIpc) is 3.37. The van der Waals surface area contributed by atoms with E-state index in [9.17, 15) is 14.4 Å². The van der Waals surface area contributed by atoms with Gasteiger partial charge in [0, 0.05) is 41.2 Å². The Morgan fingerprint density at radius 3 is 1.76 bits per heavy atom. The van der Waals surface area contributed by atoms with Crippen molar-refractivity contribution in [3.05, 3.63) is 95.6 Å². The van der Waals surface area contributed by atoms with E-state index in [1.807, 2.05) is 12.1 Å². The van der Waals surface area contributed by atoms with Crippen molar-refractivity contribution in [3.63, 3.8) is 0 Å². The third kappa shape index (κ3) is 6.05. The second-order valence-corrected chi connectivity index (χ2v) is 7.78. The number of rotatable bonds is 7. The number of benzene rings is 3. The highest BCUT2D eigenvalue weighted by Crippen LogP contribution is 2.21. The number of amides is 3. The van der Waals surface area contributed by atoms with Gasteiger partial charge in [-0.05, 0) is 55.3 Å². The number of anilines is 2. The Morgan fingerprint density at radius 2 is 1.27 bits per heavy atom. The van der Waals surface area contributed by atoms with Crippen molar-refractivity contribution in [3.8, 4) is 0 Å². The molecule has 7 nitrogen and oxygen atoms in total. The predicted molar refractivity (Wildman–Crippen MR) is 127 cm³/mol. The predicted octanol–water partition coefficient (Wildman–Crippen LogP) is 4.10. The summed E-state index contributed by atoms with van der Waals surface area (Å²) in [6, 6.07) is 22.3. The van der Waals surface area contributed by atoms with Crippen molar-refractivity contribution in [2.45, 2.75) is 18.9 Å². The maximum Gasteiger partial charge on any atom is 0.255 e. The molecule has 3 aromatic carbocycles. The van der Waals surface area contributed by atoms with Gasteiger partial charge >= 0.3 is 0 Å². The summed E-state index contributed by atoms with van der Waals surface area (Å²) >= 11 is 0. The van der Waals surface area contributed by atoms with E-state index in [1.54, 1.807) is 66.7 Å². The lowest BCUT2D eigenvalue weighted by molar-refractivity contribution is 0.0857. The van der Waals surface area contributed by atoms with Gasteiger partial charge in [0.1, 0.15) is 0 Å². The molecule has 0 aliphatic carbocycles. The molecule has 3 N–H and O–H groups in total. The lowest BCUT2D eigenvalue weighted by Crippen LogP contribution is -2.31. The van der Waals surface area contributed by atoms with Gasteiger partial charge in [0.2, 0.25) is 0 Å². The summed E-state index contributed by atoms with van der Waals surface area (Å²) in [6.07, 6.45) is 1.90. The van der Waals surface area contributed by atoms with Crippen LogP contribution in [-0.4, -0.2) is 37.0 Å². The van der Waals surface area contributed by atoms with Gasteiger partial charge in [0.15, 0.2) is 0 Å². The SMILES string of the molecule is O=C(NCC1CCCO1)c1cc(NC(=O)c2ccccc2)cc(NC(=O)c2ccccc2)c1. The molecule has 4 rings (SSSR count). The van der Waals surface area contributed by atoms with Gasteiger partial charge in [-0.25, -0.2) is 0 Å². The van der Waals surface area contributed by atoms with Crippen LogP contribution in [0.15, 0.2) is 78.9 Å². The summed E-state index contributed by atoms with van der Waals surface area (Å²) in [7, 11) is 0. The standard InChI is InChI=1S/C26H25N3O4/c30-24(27-17-23-12-7-13-33-23)20-14-21(28-25(31)18-8-3-1-4-9-18)16-22(15-20)29-26(32)19-10-5-2-6-11-19/h1-6,8-11,14-16,23H,7,12-13,17H2,(H,27,30)(H,28,31)(H,29,32). The number of hydrogen-bond donors (Lipinski definition) is 3. The van der Waals surface area contributed by atoms with E-state index in [0.29, 0.717) is 41.2 Å². The zero-order valence-corrected chi connectivity index (χ0v) is 18.0. The molecule has 0 bridgehead atoms. The quantitative estimate of drug-likeness (QED) is 0.512. The fourth-order valence-electron chi connectivity index (χ4n) is 3.60.